The molecule has 5 N–H and O–H groups in total. The average molecular weight is 1290 g/mol. The first kappa shape index (κ1) is 68.4. The van der Waals surface area contributed by atoms with E-state index in [-0.39, 0.29) is 91.2 Å². The van der Waals surface area contributed by atoms with Crippen molar-refractivity contribution in [3.05, 3.63) is 108 Å². The summed E-state index contributed by atoms with van der Waals surface area (Å²) in [4.78, 5) is 26.0. The van der Waals surface area contributed by atoms with E-state index in [4.69, 9.17) is 37.9 Å². The summed E-state index contributed by atoms with van der Waals surface area (Å²) in [5.41, 5.74) is -4.56. The standard InChI is InChI=1S/C29H37F3N2O11S2.C28H38N2O9S/c1-18(2)15-34(46(37,38)22-10-8-20(41-3)9-11-22)16-25(35)24(33-28(36)44-26-17-43-27-23(26)12-13-42-27)14-19-4-6-21(7-5-19)45-47(39,40)29(30,31)32;1-18(2)15-30(40(34,35)22-10-8-21(36-3)9-11-22)16-25(32)24(14-19-4-6-20(31)7-5-19)29-28(33)39-26-17-38-27-23(26)12-13-37-27/h4-11,18,23-27,35H,12-17H2,1-3H3,(H,33,36);4-11,18,23-27,31-32H,12-17H2,1-3H3,(H,29,33)/t2*23-,24-,25+,26?,27+/m00/s1. The molecule has 4 heterocycles. The van der Waals surface area contributed by atoms with E-state index in [2.05, 4.69) is 14.8 Å². The first-order valence-electron chi connectivity index (χ1n) is 28.0. The SMILES string of the molecule is COc1ccc(S(=O)(=O)N(CC(C)C)C[C@@H](O)[C@H](Cc2ccc(O)cc2)NC(=O)OC2CO[C@H]3OCC[C@@H]23)cc1.COc1ccc(S(=O)(=O)N(CC(C)C)C[C@@H](O)[C@H](Cc2ccc(OS(=O)(=O)C(F)(F)F)cc2)NC(=O)OC2CO[C@H]3OCC[C@@H]23)cc1. The number of alkyl carbamates (subject to hydrolysis) is 2. The molecular formula is C57H75F3N4O20S3. The van der Waals surface area contributed by atoms with Crippen LogP contribution in [0.3, 0.4) is 0 Å². The Morgan fingerprint density at radius 3 is 1.30 bits per heavy atom. The lowest BCUT2D eigenvalue weighted by molar-refractivity contribution is -0.0909. The topological polar surface area (TPSA) is 311 Å². The van der Waals surface area contributed by atoms with Crippen LogP contribution in [0.5, 0.6) is 23.0 Å². The number of hydrogen-bond donors (Lipinski definition) is 5. The number of alkyl halides is 3. The Morgan fingerprint density at radius 1 is 0.575 bits per heavy atom. The lowest BCUT2D eigenvalue weighted by Gasteiger charge is -2.31. The number of aliphatic hydroxyl groups excluding tert-OH is 2. The maximum atomic E-state index is 13.7. The van der Waals surface area contributed by atoms with Gasteiger partial charge in [0.25, 0.3) is 0 Å². The fourth-order valence-corrected chi connectivity index (χ4v) is 13.8. The zero-order chi connectivity index (χ0) is 63.4. The highest BCUT2D eigenvalue weighted by molar-refractivity contribution is 7.89. The van der Waals surface area contributed by atoms with E-state index in [0.29, 0.717) is 36.7 Å². The Labute approximate surface area is 504 Å². The smallest absolute Gasteiger partial charge is 0.508 e. The van der Waals surface area contributed by atoms with Crippen LogP contribution in [0.25, 0.3) is 0 Å². The van der Waals surface area contributed by atoms with Gasteiger partial charge in [-0.1, -0.05) is 52.0 Å². The molecule has 4 aromatic carbocycles. The number of benzene rings is 4. The van der Waals surface area contributed by atoms with Gasteiger partial charge in [-0.2, -0.15) is 30.2 Å². The summed E-state index contributed by atoms with van der Waals surface area (Å²) in [7, 11) is -11.1. The van der Waals surface area contributed by atoms with Gasteiger partial charge in [0, 0.05) is 26.2 Å². The third-order valence-corrected chi connectivity index (χ3v) is 19.3. The third kappa shape index (κ3) is 18.5. The van der Waals surface area contributed by atoms with Crippen LogP contribution in [-0.2, 0) is 71.4 Å². The minimum Gasteiger partial charge on any atom is -0.508 e. The van der Waals surface area contributed by atoms with E-state index < -0.39 is 103 Å². The molecule has 2 unspecified atom stereocenters. The van der Waals surface area contributed by atoms with Crippen LogP contribution in [0, 0.1) is 23.7 Å². The second-order valence-electron chi connectivity index (χ2n) is 22.1. The molecule has 0 radical (unpaired) electrons. The second kappa shape index (κ2) is 30.0. The van der Waals surface area contributed by atoms with Gasteiger partial charge in [0.05, 0.1) is 86.6 Å². The van der Waals surface area contributed by atoms with Crippen molar-refractivity contribution in [3.63, 3.8) is 0 Å². The molecule has 24 nitrogen and oxygen atoms in total. The predicted molar refractivity (Wildman–Crippen MR) is 305 cm³/mol. The van der Waals surface area contributed by atoms with Crippen LogP contribution in [-0.4, -0.2) is 183 Å². The number of nitrogens with zero attached hydrogens (tertiary/aromatic N) is 2. The number of nitrogens with one attached hydrogen (secondary N) is 2. The Bertz CT molecular complexity index is 3220. The first-order chi connectivity index (χ1) is 41.1. The minimum atomic E-state index is -5.90. The maximum Gasteiger partial charge on any atom is 0.534 e. The summed E-state index contributed by atoms with van der Waals surface area (Å²) in [6.45, 7) is 8.11. The predicted octanol–water partition coefficient (Wildman–Crippen LogP) is 5.54. The van der Waals surface area contributed by atoms with Crippen LogP contribution in [0.4, 0.5) is 22.8 Å². The van der Waals surface area contributed by atoms with Gasteiger partial charge in [-0.3, -0.25) is 0 Å². The molecule has 4 saturated heterocycles. The van der Waals surface area contributed by atoms with Crippen LogP contribution in [0.1, 0.15) is 51.7 Å². The highest BCUT2D eigenvalue weighted by atomic mass is 32.2. The molecule has 30 heteroatoms. The van der Waals surface area contributed by atoms with Crippen LogP contribution >= 0.6 is 0 Å². The van der Waals surface area contributed by atoms with Crippen molar-refractivity contribution in [2.45, 2.75) is 118 Å². The third-order valence-electron chi connectivity index (χ3n) is 14.6. The van der Waals surface area contributed by atoms with Crippen molar-refractivity contribution in [3.8, 4) is 23.0 Å². The van der Waals surface area contributed by atoms with Crippen LogP contribution < -0.4 is 24.3 Å². The molecule has 482 valence electrons. The summed E-state index contributed by atoms with van der Waals surface area (Å²) < 4.78 is 165. The number of phenols is 1. The van der Waals surface area contributed by atoms with Gasteiger partial charge in [-0.05, 0) is 121 Å². The van der Waals surface area contributed by atoms with Gasteiger partial charge in [0.1, 0.15) is 35.2 Å². The summed E-state index contributed by atoms with van der Waals surface area (Å²) in [5.74, 6) is 0.0131. The molecule has 8 rings (SSSR count). The highest BCUT2D eigenvalue weighted by Gasteiger charge is 2.49. The highest BCUT2D eigenvalue weighted by Crippen LogP contribution is 2.35. The Hall–Kier alpha value is -6.06. The van der Waals surface area contributed by atoms with Crippen molar-refractivity contribution in [1.82, 2.24) is 19.2 Å². The zero-order valence-corrected chi connectivity index (χ0v) is 51.1. The van der Waals surface area contributed by atoms with Gasteiger partial charge >= 0.3 is 27.8 Å². The molecule has 87 heavy (non-hydrogen) atoms. The molecule has 2 amide bonds. The molecule has 0 spiro atoms. The van der Waals surface area contributed by atoms with Gasteiger partial charge in [-0.25, -0.2) is 26.4 Å². The number of halogens is 3. The van der Waals surface area contributed by atoms with Crippen molar-refractivity contribution >= 4 is 42.4 Å². The molecule has 0 bridgehead atoms. The number of carbonyl (C=O) groups is 2. The van der Waals surface area contributed by atoms with Crippen LogP contribution in [0.2, 0.25) is 0 Å². The molecular weight excluding hydrogens is 1210 g/mol. The Balaban J connectivity index is 0.000000252. The Kier molecular flexibility index (Phi) is 23.6. The molecule has 4 aliphatic rings. The van der Waals surface area contributed by atoms with Gasteiger partial charge in [-0.15, -0.1) is 0 Å². The minimum absolute atomic E-state index is 0.0186. The van der Waals surface area contributed by atoms with E-state index in [0.717, 1.165) is 28.4 Å². The summed E-state index contributed by atoms with van der Waals surface area (Å²) in [6, 6.07) is 20.5. The van der Waals surface area contributed by atoms with E-state index in [1.54, 1.807) is 38.1 Å². The number of phenolic OH excluding ortho intramolecular Hbond substituents is 1. The number of fused-ring (bicyclic) bond motifs is 2. The molecule has 0 aliphatic carbocycles. The summed E-state index contributed by atoms with van der Waals surface area (Å²) >= 11 is 0. The number of sulfonamides is 2. The van der Waals surface area contributed by atoms with E-state index in [1.807, 2.05) is 13.8 Å². The number of aliphatic hydroxyl groups is 2. The van der Waals surface area contributed by atoms with Crippen molar-refractivity contribution in [2.75, 3.05) is 66.8 Å². The van der Waals surface area contributed by atoms with Crippen molar-refractivity contribution < 1.29 is 105 Å². The number of methoxy groups -OCH3 is 2. The number of amides is 2. The van der Waals surface area contributed by atoms with Crippen molar-refractivity contribution in [1.29, 1.82) is 0 Å². The maximum absolute atomic E-state index is 13.7. The fourth-order valence-electron chi connectivity index (χ4n) is 10.1. The lowest BCUT2D eigenvalue weighted by Crippen LogP contribution is -2.51. The van der Waals surface area contributed by atoms with Gasteiger partial charge in [0.2, 0.25) is 20.0 Å². The zero-order valence-electron chi connectivity index (χ0n) is 48.7. The first-order valence-corrected chi connectivity index (χ1v) is 32.3. The number of carbonyl (C=O) groups excluding carboxylic acids is 2. The quantitative estimate of drug-likeness (QED) is 0.0381. The average Bonchev–Trinajstić information content (AvgIpc) is 2.09. The lowest BCUT2D eigenvalue weighted by atomic mass is 10.0. The van der Waals surface area contributed by atoms with E-state index in [9.17, 15) is 63.3 Å². The van der Waals surface area contributed by atoms with E-state index in [1.165, 1.54) is 79.2 Å². The number of aromatic hydroxyl groups is 1. The number of hydrogen-bond acceptors (Lipinski definition) is 20. The normalized spacial score (nSPS) is 21.7. The van der Waals surface area contributed by atoms with E-state index >= 15 is 0 Å². The Morgan fingerprint density at radius 2 is 0.943 bits per heavy atom. The number of ether oxygens (including phenoxy) is 8. The molecule has 4 fully saturated rings. The fraction of sp³-hybridized carbons (Fsp3) is 0.544. The van der Waals surface area contributed by atoms with Crippen molar-refractivity contribution in [2.24, 2.45) is 23.7 Å². The molecule has 4 aromatic rings. The van der Waals surface area contributed by atoms with Gasteiger partial charge in [0.15, 0.2) is 12.6 Å². The van der Waals surface area contributed by atoms with Gasteiger partial charge < -0.3 is 68.0 Å². The summed E-state index contributed by atoms with van der Waals surface area (Å²) in [5, 5.41) is 37.8. The molecule has 0 aromatic heterocycles. The summed E-state index contributed by atoms with van der Waals surface area (Å²) in [6.07, 6.45) is -5.09. The second-order valence-corrected chi connectivity index (χ2v) is 27.5. The monoisotopic (exact) mass is 1290 g/mol. The van der Waals surface area contributed by atoms with Crippen LogP contribution in [0.15, 0.2) is 107 Å². The molecule has 0 saturated carbocycles. The largest absolute Gasteiger partial charge is 0.534 e. The number of rotatable bonds is 26. The molecule has 4 aliphatic heterocycles. The molecule has 10 atom stereocenters.